The largest absolute Gasteiger partial charge is 0.506 e. The van der Waals surface area contributed by atoms with Crippen LogP contribution in [0, 0.1) is 0 Å². The van der Waals surface area contributed by atoms with Crippen molar-refractivity contribution in [3.05, 3.63) is 58.4 Å². The van der Waals surface area contributed by atoms with Gasteiger partial charge in [-0.05, 0) is 30.4 Å². The van der Waals surface area contributed by atoms with Crippen molar-refractivity contribution < 1.29 is 9.90 Å². The minimum atomic E-state index is -0.278. The first-order valence-electron chi connectivity index (χ1n) is 8.85. The summed E-state index contributed by atoms with van der Waals surface area (Å²) in [6.45, 7) is 2.73. The summed E-state index contributed by atoms with van der Waals surface area (Å²) >= 11 is 13.2. The molecule has 28 heavy (non-hydrogen) atoms. The highest BCUT2D eigenvalue weighted by molar-refractivity contribution is 7.80. The van der Waals surface area contributed by atoms with Crippen LogP contribution in [-0.4, -0.2) is 47.2 Å². The number of carbonyl (C=O) groups is 1. The molecule has 1 aliphatic heterocycles. The van der Waals surface area contributed by atoms with Gasteiger partial charge in [-0.1, -0.05) is 41.9 Å². The van der Waals surface area contributed by atoms with Crippen LogP contribution in [0.2, 0.25) is 5.02 Å². The Labute approximate surface area is 177 Å². The van der Waals surface area contributed by atoms with Gasteiger partial charge in [-0.2, -0.15) is 0 Å². The number of aromatic hydroxyl groups is 1. The van der Waals surface area contributed by atoms with Crippen LogP contribution in [0.1, 0.15) is 9.67 Å². The zero-order chi connectivity index (χ0) is 19.7. The van der Waals surface area contributed by atoms with E-state index in [1.807, 2.05) is 41.3 Å². The van der Waals surface area contributed by atoms with Gasteiger partial charge in [0, 0.05) is 36.3 Å². The molecule has 2 aromatic carbocycles. The second-order valence-electron chi connectivity index (χ2n) is 6.46. The first-order chi connectivity index (χ1) is 13.5. The van der Waals surface area contributed by atoms with Crippen LogP contribution in [-0.2, 0) is 0 Å². The maximum absolute atomic E-state index is 12.7. The summed E-state index contributed by atoms with van der Waals surface area (Å²) in [4.78, 5) is 17.2. The number of thiocarbonyl (C=S) groups is 1. The predicted octanol–water partition coefficient (Wildman–Crippen LogP) is 4.10. The van der Waals surface area contributed by atoms with E-state index in [0.717, 1.165) is 15.8 Å². The fourth-order valence-corrected chi connectivity index (χ4v) is 4.96. The van der Waals surface area contributed by atoms with E-state index in [1.165, 1.54) is 11.3 Å². The number of hydrogen-bond acceptors (Lipinski definition) is 5. The lowest BCUT2D eigenvalue weighted by Gasteiger charge is -2.37. The number of amides is 1. The van der Waals surface area contributed by atoms with Crippen LogP contribution < -0.4 is 10.2 Å². The molecule has 8 heteroatoms. The molecule has 2 N–H and O–H groups in total. The van der Waals surface area contributed by atoms with Crippen LogP contribution in [0.5, 0.6) is 5.75 Å². The van der Waals surface area contributed by atoms with E-state index >= 15 is 0 Å². The summed E-state index contributed by atoms with van der Waals surface area (Å²) in [5.74, 6) is -0.00874. The summed E-state index contributed by atoms with van der Waals surface area (Å²) in [6, 6.07) is 15.0. The molecule has 0 atom stereocenters. The quantitative estimate of drug-likeness (QED) is 0.598. The average Bonchev–Trinajstić information content (AvgIpc) is 3.05. The number of hydrogen-bond donors (Lipinski definition) is 2. The zero-order valence-electron chi connectivity index (χ0n) is 14.9. The average molecular weight is 432 g/mol. The number of benzene rings is 2. The molecule has 0 saturated carbocycles. The highest BCUT2D eigenvalue weighted by atomic mass is 35.5. The van der Waals surface area contributed by atoms with Gasteiger partial charge in [0.15, 0.2) is 5.11 Å². The third-order valence-electron chi connectivity index (χ3n) is 4.75. The number of fused-ring (bicyclic) bond motifs is 1. The Balaban J connectivity index is 1.40. The second kappa shape index (κ2) is 7.95. The molecule has 1 amide bonds. The van der Waals surface area contributed by atoms with Crippen LogP contribution in [0.4, 0.5) is 5.69 Å². The first kappa shape index (κ1) is 19.0. The number of nitrogens with one attached hydrogen (secondary N) is 1. The van der Waals surface area contributed by atoms with Crippen LogP contribution in [0.25, 0.3) is 10.1 Å². The number of thiophene rings is 1. The van der Waals surface area contributed by atoms with Gasteiger partial charge >= 0.3 is 0 Å². The fourth-order valence-electron chi connectivity index (χ4n) is 3.28. The van der Waals surface area contributed by atoms with E-state index in [9.17, 15) is 9.90 Å². The number of phenols is 1. The third-order valence-corrected chi connectivity index (χ3v) is 6.79. The van der Waals surface area contributed by atoms with Crippen molar-refractivity contribution in [3.8, 4) is 5.75 Å². The van der Waals surface area contributed by atoms with Gasteiger partial charge in [-0.25, -0.2) is 0 Å². The summed E-state index contributed by atoms with van der Waals surface area (Å²) in [5.41, 5.74) is 0.814. The molecule has 5 nitrogen and oxygen atoms in total. The number of rotatable bonds is 2. The van der Waals surface area contributed by atoms with E-state index in [4.69, 9.17) is 23.8 Å². The van der Waals surface area contributed by atoms with Crippen molar-refractivity contribution in [2.45, 2.75) is 0 Å². The smallest absolute Gasteiger partial charge is 0.269 e. The van der Waals surface area contributed by atoms with Gasteiger partial charge in [0.1, 0.15) is 10.6 Å². The van der Waals surface area contributed by atoms with Gasteiger partial charge < -0.3 is 14.9 Å². The van der Waals surface area contributed by atoms with Gasteiger partial charge in [-0.15, -0.1) is 11.3 Å². The van der Waals surface area contributed by atoms with E-state index in [-0.39, 0.29) is 11.7 Å². The first-order valence-corrected chi connectivity index (χ1v) is 10.4. The Kier molecular flexibility index (Phi) is 5.39. The minimum absolute atomic E-state index is 0.270. The maximum Gasteiger partial charge on any atom is 0.269 e. The van der Waals surface area contributed by atoms with Crippen molar-refractivity contribution in [1.82, 2.24) is 10.2 Å². The zero-order valence-corrected chi connectivity index (χ0v) is 17.3. The van der Waals surface area contributed by atoms with Crippen LogP contribution in [0.3, 0.4) is 0 Å². The summed E-state index contributed by atoms with van der Waals surface area (Å²) in [5, 5.41) is 14.6. The SMILES string of the molecule is O=C(NC(=S)N1CCN(c2ccccc2O)CC1)c1sc2ccccc2c1Cl. The number of para-hydroxylation sites is 2. The molecular formula is C20H18ClN3O2S2. The Morgan fingerprint density at radius 3 is 2.46 bits per heavy atom. The van der Waals surface area contributed by atoms with Crippen LogP contribution in [0.15, 0.2) is 48.5 Å². The molecule has 0 bridgehead atoms. The maximum atomic E-state index is 12.7. The highest BCUT2D eigenvalue weighted by Gasteiger charge is 2.23. The standard InChI is InChI=1S/C20H18ClN3O2S2/c21-17-13-5-1-4-8-16(13)28-18(17)19(26)22-20(27)24-11-9-23(10-12-24)14-6-2-3-7-15(14)25/h1-8,25H,9-12H2,(H,22,26,27). The van der Waals surface area contributed by atoms with Crippen molar-refractivity contribution in [3.63, 3.8) is 0 Å². The molecule has 1 fully saturated rings. The summed E-state index contributed by atoms with van der Waals surface area (Å²) in [7, 11) is 0. The topological polar surface area (TPSA) is 55.8 Å². The Bertz CT molecular complexity index is 1040. The summed E-state index contributed by atoms with van der Waals surface area (Å²) < 4.78 is 0.972. The molecule has 0 unspecified atom stereocenters. The van der Waals surface area contributed by atoms with Crippen molar-refractivity contribution in [1.29, 1.82) is 0 Å². The Morgan fingerprint density at radius 2 is 1.75 bits per heavy atom. The van der Waals surface area contributed by atoms with Gasteiger partial charge in [0.2, 0.25) is 0 Å². The van der Waals surface area contributed by atoms with E-state index < -0.39 is 0 Å². The lowest BCUT2D eigenvalue weighted by Crippen LogP contribution is -2.52. The molecule has 0 spiro atoms. The third kappa shape index (κ3) is 3.65. The number of nitrogens with zero attached hydrogens (tertiary/aromatic N) is 2. The predicted molar refractivity (Wildman–Crippen MR) is 119 cm³/mol. The lowest BCUT2D eigenvalue weighted by molar-refractivity contribution is 0.0977. The monoisotopic (exact) mass is 431 g/mol. The number of phenolic OH excluding ortho intramolecular Hbond substituents is 1. The molecule has 1 saturated heterocycles. The lowest BCUT2D eigenvalue weighted by atomic mass is 10.2. The molecule has 1 aliphatic rings. The molecule has 1 aromatic heterocycles. The fraction of sp³-hybridized carbons (Fsp3) is 0.200. The van der Waals surface area contributed by atoms with Crippen molar-refractivity contribution in [2.75, 3.05) is 31.1 Å². The van der Waals surface area contributed by atoms with Gasteiger partial charge in [0.05, 0.1) is 10.7 Å². The number of piperazine rings is 1. The molecule has 144 valence electrons. The van der Waals surface area contributed by atoms with Crippen molar-refractivity contribution >= 4 is 61.9 Å². The Morgan fingerprint density at radius 1 is 1.07 bits per heavy atom. The van der Waals surface area contributed by atoms with Gasteiger partial charge in [-0.3, -0.25) is 10.1 Å². The molecule has 4 rings (SSSR count). The molecule has 0 radical (unpaired) electrons. The minimum Gasteiger partial charge on any atom is -0.506 e. The van der Waals surface area contributed by atoms with Crippen molar-refractivity contribution in [2.24, 2.45) is 0 Å². The van der Waals surface area contributed by atoms with E-state index in [1.54, 1.807) is 12.1 Å². The summed E-state index contributed by atoms with van der Waals surface area (Å²) in [6.07, 6.45) is 0. The number of carbonyl (C=O) groups excluding carboxylic acids is 1. The van der Waals surface area contributed by atoms with E-state index in [0.29, 0.717) is 41.2 Å². The van der Waals surface area contributed by atoms with Gasteiger partial charge in [0.25, 0.3) is 5.91 Å². The Hall–Kier alpha value is -2.35. The second-order valence-corrected chi connectivity index (χ2v) is 8.28. The highest BCUT2D eigenvalue weighted by Crippen LogP contribution is 2.35. The van der Waals surface area contributed by atoms with E-state index in [2.05, 4.69) is 10.2 Å². The molecule has 2 heterocycles. The number of halogens is 1. The number of anilines is 1. The van der Waals surface area contributed by atoms with Crippen LogP contribution >= 0.6 is 35.2 Å². The molecular weight excluding hydrogens is 414 g/mol. The molecule has 3 aromatic rings. The normalized spacial score (nSPS) is 14.3. The molecule has 0 aliphatic carbocycles.